The molecule has 0 unspecified atom stereocenters. The maximum Gasteiger partial charge on any atom is 0.280 e. The van der Waals surface area contributed by atoms with Gasteiger partial charge in [-0.1, -0.05) is 12.1 Å². The highest BCUT2D eigenvalue weighted by molar-refractivity contribution is 5.99. The molecule has 0 bridgehead atoms. The summed E-state index contributed by atoms with van der Waals surface area (Å²) in [5.41, 5.74) is 4.72. The van der Waals surface area contributed by atoms with Crippen molar-refractivity contribution in [2.75, 3.05) is 14.2 Å². The fourth-order valence-electron chi connectivity index (χ4n) is 2.35. The summed E-state index contributed by atoms with van der Waals surface area (Å²) in [6, 6.07) is 11.4. The standard InChI is InChI=1S/C20H23FN2O4/c1-13(15-9-10-18(26-4)16(11-15)12-25-3)22-23-20(24)14(2)27-19-8-6-5-7-17(19)21/h5-11,14H,12H2,1-4H3,(H,23,24)/b22-13-/t14-/m1/s1. The highest BCUT2D eigenvalue weighted by Gasteiger charge is 2.16. The van der Waals surface area contributed by atoms with Crippen molar-refractivity contribution in [3.05, 3.63) is 59.4 Å². The Balaban J connectivity index is 2.04. The zero-order valence-corrected chi connectivity index (χ0v) is 15.8. The molecule has 1 N–H and O–H groups in total. The number of halogens is 1. The first kappa shape index (κ1) is 20.4. The molecule has 0 heterocycles. The Morgan fingerprint density at radius 1 is 1.19 bits per heavy atom. The van der Waals surface area contributed by atoms with E-state index in [2.05, 4.69) is 10.5 Å². The summed E-state index contributed by atoms with van der Waals surface area (Å²) in [6.07, 6.45) is -0.904. The van der Waals surface area contributed by atoms with E-state index in [4.69, 9.17) is 14.2 Å². The van der Waals surface area contributed by atoms with E-state index in [0.29, 0.717) is 18.1 Å². The Morgan fingerprint density at radius 3 is 2.59 bits per heavy atom. The van der Waals surface area contributed by atoms with E-state index >= 15 is 0 Å². The molecule has 27 heavy (non-hydrogen) atoms. The van der Waals surface area contributed by atoms with E-state index < -0.39 is 17.8 Å². The third-order valence-corrected chi connectivity index (χ3v) is 3.84. The number of nitrogens with zero attached hydrogens (tertiary/aromatic N) is 1. The minimum Gasteiger partial charge on any atom is -0.496 e. The molecule has 7 heteroatoms. The number of amides is 1. The molecule has 0 saturated carbocycles. The predicted octanol–water partition coefficient (Wildman–Crippen LogP) is 3.29. The average Bonchev–Trinajstić information content (AvgIpc) is 2.67. The first-order valence-electron chi connectivity index (χ1n) is 8.37. The van der Waals surface area contributed by atoms with Crippen LogP contribution in [0.2, 0.25) is 0 Å². The van der Waals surface area contributed by atoms with Gasteiger partial charge in [0.05, 0.1) is 19.4 Å². The van der Waals surface area contributed by atoms with E-state index in [9.17, 15) is 9.18 Å². The molecule has 0 spiro atoms. The summed E-state index contributed by atoms with van der Waals surface area (Å²) >= 11 is 0. The van der Waals surface area contributed by atoms with Crippen LogP contribution in [0.1, 0.15) is 25.0 Å². The SMILES string of the molecule is COCc1cc(/C(C)=N\NC(=O)[C@@H](C)Oc2ccccc2F)ccc1OC. The Bertz CT molecular complexity index is 823. The molecule has 1 atom stereocenters. The number of rotatable bonds is 8. The number of ether oxygens (including phenoxy) is 3. The van der Waals surface area contributed by atoms with Gasteiger partial charge in [-0.3, -0.25) is 4.79 Å². The number of nitrogens with one attached hydrogen (secondary N) is 1. The van der Waals surface area contributed by atoms with Gasteiger partial charge in [0.1, 0.15) is 5.75 Å². The molecule has 0 aliphatic heterocycles. The second-order valence-electron chi connectivity index (χ2n) is 5.82. The number of methoxy groups -OCH3 is 2. The first-order chi connectivity index (χ1) is 13.0. The number of para-hydroxylation sites is 1. The quantitative estimate of drug-likeness (QED) is 0.569. The van der Waals surface area contributed by atoms with E-state index in [1.807, 2.05) is 18.2 Å². The molecule has 2 rings (SSSR count). The normalized spacial score (nSPS) is 12.4. The molecular weight excluding hydrogens is 351 g/mol. The van der Waals surface area contributed by atoms with Crippen molar-refractivity contribution < 1.29 is 23.4 Å². The molecule has 6 nitrogen and oxygen atoms in total. The van der Waals surface area contributed by atoms with Gasteiger partial charge in [0.2, 0.25) is 0 Å². The van der Waals surface area contributed by atoms with Crippen molar-refractivity contribution in [1.29, 1.82) is 0 Å². The Labute approximate surface area is 157 Å². The van der Waals surface area contributed by atoms with Crippen LogP contribution >= 0.6 is 0 Å². The van der Waals surface area contributed by atoms with E-state index in [1.165, 1.54) is 19.1 Å². The molecule has 0 fully saturated rings. The van der Waals surface area contributed by atoms with Crippen LogP contribution in [0.25, 0.3) is 0 Å². The lowest BCUT2D eigenvalue weighted by molar-refractivity contribution is -0.127. The lowest BCUT2D eigenvalue weighted by Crippen LogP contribution is -2.34. The second-order valence-corrected chi connectivity index (χ2v) is 5.82. The fourth-order valence-corrected chi connectivity index (χ4v) is 2.35. The van der Waals surface area contributed by atoms with E-state index in [-0.39, 0.29) is 5.75 Å². The van der Waals surface area contributed by atoms with Crippen molar-refractivity contribution in [3.8, 4) is 11.5 Å². The smallest absolute Gasteiger partial charge is 0.280 e. The van der Waals surface area contributed by atoms with Crippen LogP contribution in [-0.2, 0) is 16.1 Å². The largest absolute Gasteiger partial charge is 0.496 e. The Hall–Kier alpha value is -2.93. The molecule has 0 saturated heterocycles. The minimum absolute atomic E-state index is 0.0141. The minimum atomic E-state index is -0.904. The fraction of sp³-hybridized carbons (Fsp3) is 0.300. The van der Waals surface area contributed by atoms with Gasteiger partial charge in [-0.05, 0) is 49.7 Å². The number of carbonyl (C=O) groups is 1. The van der Waals surface area contributed by atoms with Gasteiger partial charge in [0, 0.05) is 12.7 Å². The van der Waals surface area contributed by atoms with Crippen LogP contribution in [0.4, 0.5) is 4.39 Å². The summed E-state index contributed by atoms with van der Waals surface area (Å²) in [6.45, 7) is 3.68. The molecule has 0 aliphatic rings. The van der Waals surface area contributed by atoms with Crippen molar-refractivity contribution in [2.24, 2.45) is 5.10 Å². The second kappa shape index (κ2) is 9.68. The molecule has 0 aliphatic carbocycles. The van der Waals surface area contributed by atoms with Crippen molar-refractivity contribution in [1.82, 2.24) is 5.43 Å². The number of hydrazone groups is 1. The molecule has 0 aromatic heterocycles. The van der Waals surface area contributed by atoms with Crippen LogP contribution in [0, 0.1) is 5.82 Å². The van der Waals surface area contributed by atoms with Crippen LogP contribution in [0.15, 0.2) is 47.6 Å². The number of benzene rings is 2. The third kappa shape index (κ3) is 5.52. The van der Waals surface area contributed by atoms with Gasteiger partial charge < -0.3 is 14.2 Å². The van der Waals surface area contributed by atoms with Crippen molar-refractivity contribution in [3.63, 3.8) is 0 Å². The number of hydrogen-bond acceptors (Lipinski definition) is 5. The molecule has 0 radical (unpaired) electrons. The van der Waals surface area contributed by atoms with Gasteiger partial charge in [0.25, 0.3) is 5.91 Å². The van der Waals surface area contributed by atoms with Gasteiger partial charge in [-0.25, -0.2) is 9.82 Å². The molecule has 144 valence electrons. The maximum atomic E-state index is 13.6. The number of hydrogen-bond donors (Lipinski definition) is 1. The highest BCUT2D eigenvalue weighted by Crippen LogP contribution is 2.21. The molecular formula is C20H23FN2O4. The predicted molar refractivity (Wildman–Crippen MR) is 101 cm³/mol. The van der Waals surface area contributed by atoms with E-state index in [0.717, 1.165) is 11.1 Å². The monoisotopic (exact) mass is 374 g/mol. The molecule has 1 amide bonds. The molecule has 2 aromatic carbocycles. The van der Waals surface area contributed by atoms with Crippen LogP contribution in [-0.4, -0.2) is 31.9 Å². The van der Waals surface area contributed by atoms with Gasteiger partial charge in [-0.15, -0.1) is 0 Å². The lowest BCUT2D eigenvalue weighted by atomic mass is 10.1. The zero-order valence-electron chi connectivity index (χ0n) is 15.8. The summed E-state index contributed by atoms with van der Waals surface area (Å²) in [5, 5.41) is 4.10. The number of carbonyl (C=O) groups excluding carboxylic acids is 1. The van der Waals surface area contributed by atoms with Crippen LogP contribution in [0.5, 0.6) is 11.5 Å². The van der Waals surface area contributed by atoms with Gasteiger partial charge in [0.15, 0.2) is 17.7 Å². The van der Waals surface area contributed by atoms with Crippen LogP contribution < -0.4 is 14.9 Å². The van der Waals surface area contributed by atoms with Gasteiger partial charge >= 0.3 is 0 Å². The third-order valence-electron chi connectivity index (χ3n) is 3.84. The Kier molecular flexibility index (Phi) is 7.31. The summed E-state index contributed by atoms with van der Waals surface area (Å²) in [4.78, 5) is 12.2. The summed E-state index contributed by atoms with van der Waals surface area (Å²) in [7, 11) is 3.19. The topological polar surface area (TPSA) is 69.2 Å². The van der Waals surface area contributed by atoms with E-state index in [1.54, 1.807) is 33.3 Å². The summed E-state index contributed by atoms with van der Waals surface area (Å²) < 4.78 is 29.4. The first-order valence-corrected chi connectivity index (χ1v) is 8.37. The summed E-state index contributed by atoms with van der Waals surface area (Å²) in [5.74, 6) is -0.284. The Morgan fingerprint density at radius 2 is 1.93 bits per heavy atom. The molecule has 2 aromatic rings. The van der Waals surface area contributed by atoms with Gasteiger partial charge in [-0.2, -0.15) is 5.10 Å². The zero-order chi connectivity index (χ0) is 19.8. The van der Waals surface area contributed by atoms with Crippen LogP contribution in [0.3, 0.4) is 0 Å². The van der Waals surface area contributed by atoms with Crippen molar-refractivity contribution in [2.45, 2.75) is 26.6 Å². The average molecular weight is 374 g/mol. The highest BCUT2D eigenvalue weighted by atomic mass is 19.1. The maximum absolute atomic E-state index is 13.6. The van der Waals surface area contributed by atoms with Crippen molar-refractivity contribution >= 4 is 11.6 Å². The lowest BCUT2D eigenvalue weighted by Gasteiger charge is -2.14.